The van der Waals surface area contributed by atoms with Gasteiger partial charge in [-0.25, -0.2) is 4.79 Å². The zero-order chi connectivity index (χ0) is 19.5. The second-order valence-electron chi connectivity index (χ2n) is 6.84. The number of Topliss-reactive ketones (excluding diaryl/α,β-unsaturated/α-hetero) is 1. The lowest BCUT2D eigenvalue weighted by molar-refractivity contribution is -0.118. The summed E-state index contributed by atoms with van der Waals surface area (Å²) in [5.74, 6) is 0.0213. The minimum Gasteiger partial charge on any atom is -0.482 e. The Labute approximate surface area is 161 Å². The highest BCUT2D eigenvalue weighted by atomic mass is 16.5. The molecule has 3 heterocycles. The van der Waals surface area contributed by atoms with Gasteiger partial charge < -0.3 is 20.3 Å². The predicted octanol–water partition coefficient (Wildman–Crippen LogP) is 2.54. The summed E-state index contributed by atoms with van der Waals surface area (Å²) < 4.78 is 5.37. The van der Waals surface area contributed by atoms with Crippen molar-refractivity contribution in [3.8, 4) is 5.75 Å². The minimum atomic E-state index is -0.265. The fourth-order valence-corrected chi connectivity index (χ4v) is 3.45. The van der Waals surface area contributed by atoms with Crippen LogP contribution in [0.4, 0.5) is 16.2 Å². The van der Waals surface area contributed by atoms with E-state index in [1.165, 1.54) is 0 Å². The van der Waals surface area contributed by atoms with Crippen LogP contribution in [0, 0.1) is 5.92 Å². The maximum atomic E-state index is 12.7. The number of amides is 3. The zero-order valence-corrected chi connectivity index (χ0v) is 15.2. The number of urea groups is 1. The molecule has 3 amide bonds. The number of likely N-dealkylation sites (tertiary alicyclic amines) is 1. The lowest BCUT2D eigenvalue weighted by atomic mass is 9.92. The summed E-state index contributed by atoms with van der Waals surface area (Å²) in [4.78, 5) is 42.4. The fourth-order valence-electron chi connectivity index (χ4n) is 3.45. The number of pyridine rings is 1. The maximum absolute atomic E-state index is 12.7. The van der Waals surface area contributed by atoms with Crippen LogP contribution in [0.2, 0.25) is 0 Å². The molecule has 2 N–H and O–H groups in total. The first kappa shape index (κ1) is 18.0. The Morgan fingerprint density at radius 1 is 1.25 bits per heavy atom. The highest BCUT2D eigenvalue weighted by Crippen LogP contribution is 2.31. The molecule has 8 nitrogen and oxygen atoms in total. The highest BCUT2D eigenvalue weighted by Gasteiger charge is 2.29. The molecule has 2 aliphatic rings. The molecule has 2 aromatic rings. The number of hydrogen-bond acceptors (Lipinski definition) is 5. The molecule has 1 fully saturated rings. The van der Waals surface area contributed by atoms with Crippen LogP contribution >= 0.6 is 0 Å². The highest BCUT2D eigenvalue weighted by molar-refractivity contribution is 5.98. The lowest BCUT2D eigenvalue weighted by Crippen LogP contribution is -2.44. The fraction of sp³-hybridized carbons (Fsp3) is 0.300. The number of rotatable bonds is 3. The number of benzene rings is 1. The lowest BCUT2D eigenvalue weighted by Gasteiger charge is -2.32. The molecule has 0 unspecified atom stereocenters. The van der Waals surface area contributed by atoms with Crippen molar-refractivity contribution in [3.05, 3.63) is 48.3 Å². The van der Waals surface area contributed by atoms with Crippen molar-refractivity contribution in [2.45, 2.75) is 12.8 Å². The standard InChI is InChI=1S/C20H20N4O4/c25-18-12-28-17-10-14(6-7-15(17)23-18)22-20(27)24-9-3-4-13(11-24)19(26)16-5-1-2-8-21-16/h1-2,5-8,10,13H,3-4,9,11-12H2,(H,22,27)(H,23,25)/t13-/m1/s1. The van der Waals surface area contributed by atoms with Gasteiger partial charge in [0.1, 0.15) is 11.4 Å². The summed E-state index contributed by atoms with van der Waals surface area (Å²) >= 11 is 0. The van der Waals surface area contributed by atoms with Gasteiger partial charge in [-0.15, -0.1) is 0 Å². The van der Waals surface area contributed by atoms with Gasteiger partial charge in [-0.1, -0.05) is 6.07 Å². The molecular weight excluding hydrogens is 360 g/mol. The number of ether oxygens (including phenoxy) is 1. The number of fused-ring (bicyclic) bond motifs is 1. The van der Waals surface area contributed by atoms with Gasteiger partial charge in [-0.3, -0.25) is 14.6 Å². The summed E-state index contributed by atoms with van der Waals surface area (Å²) in [5, 5.41) is 5.55. The van der Waals surface area contributed by atoms with Crippen LogP contribution in [0.25, 0.3) is 0 Å². The molecule has 1 atom stereocenters. The van der Waals surface area contributed by atoms with Gasteiger partial charge in [0.05, 0.1) is 5.69 Å². The number of aromatic nitrogens is 1. The molecule has 4 rings (SSSR count). The third-order valence-electron chi connectivity index (χ3n) is 4.86. The van der Waals surface area contributed by atoms with E-state index in [2.05, 4.69) is 15.6 Å². The van der Waals surface area contributed by atoms with E-state index in [1.54, 1.807) is 47.5 Å². The molecule has 0 aliphatic carbocycles. The molecule has 0 saturated carbocycles. The summed E-state index contributed by atoms with van der Waals surface area (Å²) in [7, 11) is 0. The van der Waals surface area contributed by atoms with Crippen molar-refractivity contribution in [1.82, 2.24) is 9.88 Å². The van der Waals surface area contributed by atoms with Crippen LogP contribution in [0.15, 0.2) is 42.6 Å². The van der Waals surface area contributed by atoms with E-state index in [-0.39, 0.29) is 30.2 Å². The second kappa shape index (κ2) is 7.67. The Morgan fingerprint density at radius 3 is 2.96 bits per heavy atom. The van der Waals surface area contributed by atoms with Crippen molar-refractivity contribution in [2.24, 2.45) is 5.92 Å². The average Bonchev–Trinajstić information content (AvgIpc) is 2.74. The van der Waals surface area contributed by atoms with Gasteiger partial charge in [0.2, 0.25) is 0 Å². The predicted molar refractivity (Wildman–Crippen MR) is 102 cm³/mol. The van der Waals surface area contributed by atoms with Crippen LogP contribution in [0.1, 0.15) is 23.3 Å². The molecular formula is C20H20N4O4. The quantitative estimate of drug-likeness (QED) is 0.797. The Kier molecular flexibility index (Phi) is 4.92. The first-order chi connectivity index (χ1) is 13.6. The van der Waals surface area contributed by atoms with Gasteiger partial charge >= 0.3 is 6.03 Å². The first-order valence-corrected chi connectivity index (χ1v) is 9.18. The van der Waals surface area contributed by atoms with Crippen molar-refractivity contribution in [3.63, 3.8) is 0 Å². The van der Waals surface area contributed by atoms with Crippen LogP contribution in [-0.4, -0.2) is 47.3 Å². The number of anilines is 2. The van der Waals surface area contributed by atoms with Crippen molar-refractivity contribution >= 4 is 29.1 Å². The Balaban J connectivity index is 1.41. The Hall–Kier alpha value is -3.42. The largest absolute Gasteiger partial charge is 0.482 e. The van der Waals surface area contributed by atoms with E-state index < -0.39 is 0 Å². The second-order valence-corrected chi connectivity index (χ2v) is 6.84. The number of carbonyl (C=O) groups excluding carboxylic acids is 3. The van der Waals surface area contributed by atoms with E-state index >= 15 is 0 Å². The summed E-state index contributed by atoms with van der Waals surface area (Å²) in [6, 6.07) is 10.1. The summed E-state index contributed by atoms with van der Waals surface area (Å²) in [6.45, 7) is 0.905. The SMILES string of the molecule is O=C1COc2cc(NC(=O)N3CCC[C@@H](C(=O)c4ccccn4)C3)ccc2N1. The van der Waals surface area contributed by atoms with Crippen LogP contribution in [0.5, 0.6) is 5.75 Å². The normalized spacial score (nSPS) is 18.5. The summed E-state index contributed by atoms with van der Waals surface area (Å²) in [6.07, 6.45) is 3.10. The van der Waals surface area contributed by atoms with Crippen LogP contribution < -0.4 is 15.4 Å². The monoisotopic (exact) mass is 380 g/mol. The molecule has 0 bridgehead atoms. The smallest absolute Gasteiger partial charge is 0.321 e. The average molecular weight is 380 g/mol. The van der Waals surface area contributed by atoms with E-state index in [1.807, 2.05) is 0 Å². The summed E-state index contributed by atoms with van der Waals surface area (Å²) in [5.41, 5.74) is 1.58. The Bertz CT molecular complexity index is 916. The van der Waals surface area contributed by atoms with E-state index in [4.69, 9.17) is 4.74 Å². The first-order valence-electron chi connectivity index (χ1n) is 9.18. The van der Waals surface area contributed by atoms with Crippen molar-refractivity contribution in [2.75, 3.05) is 30.3 Å². The number of carbonyl (C=O) groups is 3. The molecule has 1 aromatic heterocycles. The minimum absolute atomic E-state index is 0.0315. The van der Waals surface area contributed by atoms with E-state index in [0.717, 1.165) is 12.8 Å². The third kappa shape index (κ3) is 3.80. The van der Waals surface area contributed by atoms with E-state index in [9.17, 15) is 14.4 Å². The topological polar surface area (TPSA) is 101 Å². The van der Waals surface area contributed by atoms with Crippen LogP contribution in [0.3, 0.4) is 0 Å². The number of nitrogens with one attached hydrogen (secondary N) is 2. The number of ketones is 1. The third-order valence-corrected chi connectivity index (χ3v) is 4.86. The van der Waals surface area contributed by atoms with Gasteiger partial charge in [-0.05, 0) is 37.1 Å². The maximum Gasteiger partial charge on any atom is 0.321 e. The molecule has 144 valence electrons. The number of nitrogens with zero attached hydrogens (tertiary/aromatic N) is 2. The molecule has 2 aliphatic heterocycles. The van der Waals surface area contributed by atoms with E-state index in [0.29, 0.717) is 35.9 Å². The van der Waals surface area contributed by atoms with Gasteiger partial charge in [0.25, 0.3) is 5.91 Å². The van der Waals surface area contributed by atoms with Crippen molar-refractivity contribution < 1.29 is 19.1 Å². The number of hydrogen-bond donors (Lipinski definition) is 2. The number of piperidine rings is 1. The Morgan fingerprint density at radius 2 is 2.14 bits per heavy atom. The van der Waals surface area contributed by atoms with Crippen molar-refractivity contribution in [1.29, 1.82) is 0 Å². The van der Waals surface area contributed by atoms with Crippen LogP contribution in [-0.2, 0) is 4.79 Å². The zero-order valence-electron chi connectivity index (χ0n) is 15.2. The van der Waals surface area contributed by atoms with Gasteiger partial charge in [0, 0.05) is 37.0 Å². The molecule has 0 spiro atoms. The molecule has 0 radical (unpaired) electrons. The molecule has 8 heteroatoms. The van der Waals surface area contributed by atoms with Gasteiger partial charge in [-0.2, -0.15) is 0 Å². The van der Waals surface area contributed by atoms with Gasteiger partial charge in [0.15, 0.2) is 12.4 Å². The molecule has 1 aromatic carbocycles. The molecule has 28 heavy (non-hydrogen) atoms. The molecule has 1 saturated heterocycles.